The predicted molar refractivity (Wildman–Crippen MR) is 130 cm³/mol. The minimum absolute atomic E-state index is 0.00473. The van der Waals surface area contributed by atoms with Crippen LogP contribution in [0.4, 0.5) is 0 Å². The molecule has 0 saturated carbocycles. The monoisotopic (exact) mass is 468 g/mol. The van der Waals surface area contributed by atoms with Crippen molar-refractivity contribution in [2.45, 2.75) is 12.8 Å². The maximum Gasteiger partial charge on any atom is 0.343 e. The summed E-state index contributed by atoms with van der Waals surface area (Å²) in [5.74, 6) is 0.939. The van der Waals surface area contributed by atoms with Gasteiger partial charge in [-0.15, -0.1) is 0 Å². The first kappa shape index (κ1) is 23.5. The number of nitrogens with two attached hydrogens (primary N) is 1. The van der Waals surface area contributed by atoms with Crippen LogP contribution in [-0.4, -0.2) is 19.2 Å². The highest BCUT2D eigenvalue weighted by Crippen LogP contribution is 2.45. The van der Waals surface area contributed by atoms with Crippen molar-refractivity contribution < 1.29 is 23.7 Å². The van der Waals surface area contributed by atoms with E-state index in [4.69, 9.17) is 24.7 Å². The molecule has 1 aliphatic heterocycles. The molecule has 0 amide bonds. The van der Waals surface area contributed by atoms with Crippen molar-refractivity contribution in [3.05, 3.63) is 108 Å². The second-order valence-corrected chi connectivity index (χ2v) is 7.61. The molecule has 1 heterocycles. The first-order valence-corrected chi connectivity index (χ1v) is 11.0. The number of allylic oxidation sites excluding steroid dienone is 1. The highest BCUT2D eigenvalue weighted by Gasteiger charge is 2.33. The van der Waals surface area contributed by atoms with Crippen LogP contribution in [0.25, 0.3) is 0 Å². The maximum absolute atomic E-state index is 12.7. The standard InChI is InChI=1S/C28H24N2O5/c1-3-15-33-19-11-9-18(10-12-19)28(31)34-20-13-14-22-25(16-20)35-27(30)23(17-29)26(22)21-7-5-6-8-24(21)32-4-2/h3,5-14,16,26H,1,4,15,30H2,2H3. The van der Waals surface area contributed by atoms with E-state index < -0.39 is 11.9 Å². The van der Waals surface area contributed by atoms with Crippen molar-refractivity contribution in [2.75, 3.05) is 13.2 Å². The Morgan fingerprint density at radius 1 is 1.09 bits per heavy atom. The van der Waals surface area contributed by atoms with Crippen LogP contribution < -0.4 is 24.7 Å². The Morgan fingerprint density at radius 2 is 1.83 bits per heavy atom. The molecule has 1 unspecified atom stereocenters. The molecule has 1 atom stereocenters. The van der Waals surface area contributed by atoms with E-state index in [1.165, 1.54) is 0 Å². The smallest absolute Gasteiger partial charge is 0.343 e. The Hall–Kier alpha value is -4.70. The Morgan fingerprint density at radius 3 is 2.54 bits per heavy atom. The lowest BCUT2D eigenvalue weighted by atomic mass is 9.83. The molecule has 0 bridgehead atoms. The lowest BCUT2D eigenvalue weighted by Gasteiger charge is -2.27. The normalized spacial score (nSPS) is 14.2. The average molecular weight is 469 g/mol. The van der Waals surface area contributed by atoms with Crippen molar-refractivity contribution in [1.29, 1.82) is 5.26 Å². The topological polar surface area (TPSA) is 104 Å². The molecule has 35 heavy (non-hydrogen) atoms. The lowest BCUT2D eigenvalue weighted by Crippen LogP contribution is -2.21. The highest BCUT2D eigenvalue weighted by molar-refractivity contribution is 5.91. The number of ether oxygens (including phenoxy) is 4. The van der Waals surface area contributed by atoms with Gasteiger partial charge in [-0.25, -0.2) is 4.79 Å². The van der Waals surface area contributed by atoms with E-state index in [-0.39, 0.29) is 17.2 Å². The number of carbonyl (C=O) groups is 1. The maximum atomic E-state index is 12.7. The Bertz CT molecular complexity index is 1320. The third-order valence-corrected chi connectivity index (χ3v) is 5.39. The van der Waals surface area contributed by atoms with Gasteiger partial charge in [-0.05, 0) is 43.3 Å². The molecule has 0 spiro atoms. The zero-order valence-electron chi connectivity index (χ0n) is 19.2. The number of esters is 1. The van der Waals surface area contributed by atoms with Gasteiger partial charge < -0.3 is 24.7 Å². The van der Waals surface area contributed by atoms with Gasteiger partial charge in [0.15, 0.2) is 0 Å². The van der Waals surface area contributed by atoms with Gasteiger partial charge in [0, 0.05) is 17.2 Å². The number of rotatable bonds is 8. The molecule has 2 N–H and O–H groups in total. The van der Waals surface area contributed by atoms with Crippen LogP contribution in [0.1, 0.15) is 34.3 Å². The van der Waals surface area contributed by atoms with Crippen molar-refractivity contribution >= 4 is 5.97 Å². The van der Waals surface area contributed by atoms with Gasteiger partial charge in [0.05, 0.1) is 18.1 Å². The highest BCUT2D eigenvalue weighted by atomic mass is 16.5. The van der Waals surface area contributed by atoms with Crippen molar-refractivity contribution in [3.8, 4) is 29.1 Å². The van der Waals surface area contributed by atoms with E-state index in [2.05, 4.69) is 12.6 Å². The summed E-state index contributed by atoms with van der Waals surface area (Å²) in [5, 5.41) is 9.81. The van der Waals surface area contributed by atoms with Gasteiger partial charge in [0.25, 0.3) is 0 Å². The second-order valence-electron chi connectivity index (χ2n) is 7.61. The van der Waals surface area contributed by atoms with E-state index >= 15 is 0 Å². The fraction of sp³-hybridized carbons (Fsp3) is 0.143. The molecule has 1 aliphatic rings. The number of nitrogens with zero attached hydrogens (tertiary/aromatic N) is 1. The summed E-state index contributed by atoms with van der Waals surface area (Å²) in [6.45, 7) is 6.35. The molecule has 3 aromatic carbocycles. The molecule has 0 aromatic heterocycles. The molecule has 7 heteroatoms. The van der Waals surface area contributed by atoms with Gasteiger partial charge in [0.1, 0.15) is 41.2 Å². The minimum Gasteiger partial charge on any atom is -0.494 e. The SMILES string of the molecule is C=CCOc1ccc(C(=O)Oc2ccc3c(c2)OC(N)=C(C#N)C3c2ccccc2OCC)cc1. The molecule has 0 radical (unpaired) electrons. The fourth-order valence-corrected chi connectivity index (χ4v) is 3.83. The number of benzene rings is 3. The van der Waals surface area contributed by atoms with Crippen LogP contribution in [0.15, 0.2) is 90.8 Å². The Balaban J connectivity index is 1.62. The van der Waals surface area contributed by atoms with Crippen LogP contribution in [-0.2, 0) is 0 Å². The number of nitriles is 1. The van der Waals surface area contributed by atoms with Gasteiger partial charge in [-0.2, -0.15) is 5.26 Å². The molecule has 3 aromatic rings. The average Bonchev–Trinajstić information content (AvgIpc) is 2.87. The zero-order chi connectivity index (χ0) is 24.8. The summed E-state index contributed by atoms with van der Waals surface area (Å²) in [5.41, 5.74) is 8.27. The van der Waals surface area contributed by atoms with E-state index in [0.29, 0.717) is 41.6 Å². The van der Waals surface area contributed by atoms with E-state index in [1.807, 2.05) is 31.2 Å². The molecule has 0 fully saturated rings. The second kappa shape index (κ2) is 10.5. The van der Waals surface area contributed by atoms with Crippen molar-refractivity contribution in [1.82, 2.24) is 0 Å². The van der Waals surface area contributed by atoms with Crippen molar-refractivity contribution in [2.24, 2.45) is 5.73 Å². The summed E-state index contributed by atoms with van der Waals surface area (Å²) < 4.78 is 22.5. The van der Waals surface area contributed by atoms with Crippen LogP contribution in [0.2, 0.25) is 0 Å². The summed E-state index contributed by atoms with van der Waals surface area (Å²) >= 11 is 0. The molecule has 7 nitrogen and oxygen atoms in total. The first-order valence-electron chi connectivity index (χ1n) is 11.0. The summed E-state index contributed by atoms with van der Waals surface area (Å²) in [7, 11) is 0. The van der Waals surface area contributed by atoms with Gasteiger partial charge in [-0.1, -0.05) is 36.9 Å². The van der Waals surface area contributed by atoms with Gasteiger partial charge in [-0.3, -0.25) is 0 Å². The lowest BCUT2D eigenvalue weighted by molar-refractivity contribution is 0.0734. The number of hydrogen-bond acceptors (Lipinski definition) is 7. The largest absolute Gasteiger partial charge is 0.494 e. The number of fused-ring (bicyclic) bond motifs is 1. The first-order chi connectivity index (χ1) is 17.0. The quantitative estimate of drug-likeness (QED) is 0.279. The Labute approximate surface area is 203 Å². The summed E-state index contributed by atoms with van der Waals surface area (Å²) in [4.78, 5) is 12.7. The van der Waals surface area contributed by atoms with Crippen LogP contribution in [0.3, 0.4) is 0 Å². The molecule has 4 rings (SSSR count). The number of hydrogen-bond donors (Lipinski definition) is 1. The molecule has 0 saturated heterocycles. The third-order valence-electron chi connectivity index (χ3n) is 5.39. The predicted octanol–water partition coefficient (Wildman–Crippen LogP) is 5.09. The Kier molecular flexibility index (Phi) is 7.03. The molecular formula is C28H24N2O5. The van der Waals surface area contributed by atoms with Gasteiger partial charge in [0.2, 0.25) is 5.88 Å². The fourth-order valence-electron chi connectivity index (χ4n) is 3.83. The zero-order valence-corrected chi connectivity index (χ0v) is 19.2. The summed E-state index contributed by atoms with van der Waals surface area (Å²) in [6, 6.07) is 21.3. The van der Waals surface area contributed by atoms with Crippen LogP contribution in [0.5, 0.6) is 23.0 Å². The molecule has 0 aliphatic carbocycles. The van der Waals surface area contributed by atoms with Crippen LogP contribution in [0, 0.1) is 11.3 Å². The van der Waals surface area contributed by atoms with E-state index in [1.54, 1.807) is 48.5 Å². The molecular weight excluding hydrogens is 444 g/mol. The minimum atomic E-state index is -0.532. The molecule has 176 valence electrons. The van der Waals surface area contributed by atoms with Crippen molar-refractivity contribution in [3.63, 3.8) is 0 Å². The van der Waals surface area contributed by atoms with E-state index in [9.17, 15) is 10.1 Å². The number of carbonyl (C=O) groups excluding carboxylic acids is 1. The number of para-hydroxylation sites is 1. The van der Waals surface area contributed by atoms with Crippen LogP contribution >= 0.6 is 0 Å². The van der Waals surface area contributed by atoms with Gasteiger partial charge >= 0.3 is 5.97 Å². The summed E-state index contributed by atoms with van der Waals surface area (Å²) in [6.07, 6.45) is 1.64. The third kappa shape index (κ3) is 4.97. The van der Waals surface area contributed by atoms with E-state index in [0.717, 1.165) is 5.56 Å².